The van der Waals surface area contributed by atoms with Crippen LogP contribution in [0.5, 0.6) is 0 Å². The van der Waals surface area contributed by atoms with E-state index >= 15 is 0 Å². The van der Waals surface area contributed by atoms with E-state index in [0.29, 0.717) is 19.2 Å². The Balaban J connectivity index is 1.97. The fraction of sp³-hybridized carbons (Fsp3) is 0.625. The zero-order chi connectivity index (χ0) is 14.4. The zero-order valence-corrected chi connectivity index (χ0v) is 12.5. The van der Waals surface area contributed by atoms with Crippen LogP contribution in [-0.2, 0) is 11.3 Å². The van der Waals surface area contributed by atoms with Crippen molar-refractivity contribution in [2.75, 3.05) is 31.7 Å². The molecule has 3 nitrogen and oxygen atoms in total. The Morgan fingerprint density at radius 3 is 2.80 bits per heavy atom. The van der Waals surface area contributed by atoms with E-state index in [0.717, 1.165) is 30.8 Å². The van der Waals surface area contributed by atoms with Gasteiger partial charge in [0, 0.05) is 32.8 Å². The second kappa shape index (κ2) is 7.60. The molecule has 1 aliphatic rings. The van der Waals surface area contributed by atoms with E-state index in [1.807, 2.05) is 12.1 Å². The summed E-state index contributed by atoms with van der Waals surface area (Å²) in [6, 6.07) is 6.15. The Labute approximate surface area is 121 Å². The standard InChI is InChI=1S/C16H25FN2O/c1-3-9-19(14-5-6-14)16-7-4-13(11-15(16)17)12-18-8-10-20-2/h4,7,11,14,18H,3,5-6,8-10,12H2,1-2H3. The molecule has 0 saturated heterocycles. The summed E-state index contributed by atoms with van der Waals surface area (Å²) in [7, 11) is 1.68. The Hall–Kier alpha value is -1.13. The highest BCUT2D eigenvalue weighted by Gasteiger charge is 2.30. The third-order valence-corrected chi connectivity index (χ3v) is 3.59. The third kappa shape index (κ3) is 4.18. The van der Waals surface area contributed by atoms with Crippen molar-refractivity contribution in [3.05, 3.63) is 29.6 Å². The normalized spacial score (nSPS) is 14.6. The molecule has 0 radical (unpaired) electrons. The van der Waals surface area contributed by atoms with Crippen molar-refractivity contribution in [1.82, 2.24) is 5.32 Å². The minimum Gasteiger partial charge on any atom is -0.383 e. The van der Waals surface area contributed by atoms with Gasteiger partial charge in [-0.1, -0.05) is 13.0 Å². The molecule has 0 aromatic heterocycles. The number of nitrogens with one attached hydrogen (secondary N) is 1. The summed E-state index contributed by atoms with van der Waals surface area (Å²) in [5.41, 5.74) is 1.74. The molecule has 112 valence electrons. The quantitative estimate of drug-likeness (QED) is 0.704. The molecule has 20 heavy (non-hydrogen) atoms. The van der Waals surface area contributed by atoms with Gasteiger partial charge in [0.2, 0.25) is 0 Å². The number of hydrogen-bond donors (Lipinski definition) is 1. The Kier molecular flexibility index (Phi) is 5.80. The molecule has 4 heteroatoms. The summed E-state index contributed by atoms with van der Waals surface area (Å²) in [5.74, 6) is -0.101. The van der Waals surface area contributed by atoms with Gasteiger partial charge in [-0.15, -0.1) is 0 Å². The van der Waals surface area contributed by atoms with Crippen LogP contribution < -0.4 is 10.2 Å². The van der Waals surface area contributed by atoms with Crippen molar-refractivity contribution in [2.45, 2.75) is 38.8 Å². The molecule has 1 N–H and O–H groups in total. The Bertz CT molecular complexity index is 421. The number of ether oxygens (including phenoxy) is 1. The van der Waals surface area contributed by atoms with E-state index in [-0.39, 0.29) is 5.82 Å². The van der Waals surface area contributed by atoms with Gasteiger partial charge in [0.1, 0.15) is 5.82 Å². The summed E-state index contributed by atoms with van der Waals surface area (Å²) in [6.07, 6.45) is 3.44. The molecule has 1 fully saturated rings. The van der Waals surface area contributed by atoms with E-state index in [1.54, 1.807) is 13.2 Å². The Morgan fingerprint density at radius 2 is 2.20 bits per heavy atom. The van der Waals surface area contributed by atoms with Crippen molar-refractivity contribution in [3.8, 4) is 0 Å². The van der Waals surface area contributed by atoms with Crippen LogP contribution in [-0.4, -0.2) is 32.8 Å². The smallest absolute Gasteiger partial charge is 0.146 e. The number of methoxy groups -OCH3 is 1. The van der Waals surface area contributed by atoms with Crippen LogP contribution in [0.1, 0.15) is 31.7 Å². The van der Waals surface area contributed by atoms with Gasteiger partial charge in [-0.25, -0.2) is 4.39 Å². The van der Waals surface area contributed by atoms with Crippen molar-refractivity contribution in [2.24, 2.45) is 0 Å². The predicted molar refractivity (Wildman–Crippen MR) is 80.6 cm³/mol. The van der Waals surface area contributed by atoms with Crippen LogP contribution in [0, 0.1) is 5.82 Å². The van der Waals surface area contributed by atoms with Crippen LogP contribution in [0.2, 0.25) is 0 Å². The zero-order valence-electron chi connectivity index (χ0n) is 12.5. The molecule has 2 rings (SSSR count). The highest BCUT2D eigenvalue weighted by Crippen LogP contribution is 2.33. The van der Waals surface area contributed by atoms with Crippen LogP contribution in [0.3, 0.4) is 0 Å². The molecule has 0 bridgehead atoms. The molecular weight excluding hydrogens is 255 g/mol. The van der Waals surface area contributed by atoms with Gasteiger partial charge >= 0.3 is 0 Å². The minimum atomic E-state index is -0.101. The van der Waals surface area contributed by atoms with E-state index in [4.69, 9.17) is 4.74 Å². The number of anilines is 1. The van der Waals surface area contributed by atoms with E-state index in [2.05, 4.69) is 17.1 Å². The molecule has 1 aromatic rings. The molecule has 0 amide bonds. The maximum absolute atomic E-state index is 14.3. The first-order chi connectivity index (χ1) is 9.76. The molecule has 1 aliphatic carbocycles. The number of halogens is 1. The monoisotopic (exact) mass is 280 g/mol. The van der Waals surface area contributed by atoms with E-state index in [9.17, 15) is 4.39 Å². The van der Waals surface area contributed by atoms with Gasteiger partial charge in [0.15, 0.2) is 0 Å². The van der Waals surface area contributed by atoms with Crippen molar-refractivity contribution >= 4 is 5.69 Å². The van der Waals surface area contributed by atoms with E-state index < -0.39 is 0 Å². The lowest BCUT2D eigenvalue weighted by Gasteiger charge is -2.25. The second-order valence-corrected chi connectivity index (χ2v) is 5.38. The summed E-state index contributed by atoms with van der Waals surface area (Å²) >= 11 is 0. The molecule has 1 saturated carbocycles. The maximum atomic E-state index is 14.3. The van der Waals surface area contributed by atoms with Crippen LogP contribution in [0.25, 0.3) is 0 Å². The summed E-state index contributed by atoms with van der Waals surface area (Å²) in [5, 5.41) is 3.23. The highest BCUT2D eigenvalue weighted by atomic mass is 19.1. The van der Waals surface area contributed by atoms with E-state index in [1.165, 1.54) is 12.8 Å². The molecule has 0 spiro atoms. The SMILES string of the molecule is CCCN(c1ccc(CNCCOC)cc1F)C1CC1. The second-order valence-electron chi connectivity index (χ2n) is 5.38. The van der Waals surface area contributed by atoms with Crippen molar-refractivity contribution < 1.29 is 9.13 Å². The van der Waals surface area contributed by atoms with Gasteiger partial charge in [0.25, 0.3) is 0 Å². The average Bonchev–Trinajstić information content (AvgIpc) is 3.26. The average molecular weight is 280 g/mol. The van der Waals surface area contributed by atoms with Crippen LogP contribution >= 0.6 is 0 Å². The molecule has 0 atom stereocenters. The van der Waals surface area contributed by atoms with Crippen LogP contribution in [0.4, 0.5) is 10.1 Å². The Morgan fingerprint density at radius 1 is 1.40 bits per heavy atom. The largest absolute Gasteiger partial charge is 0.383 e. The van der Waals surface area contributed by atoms with Gasteiger partial charge in [0.05, 0.1) is 12.3 Å². The van der Waals surface area contributed by atoms with Gasteiger partial charge in [-0.05, 0) is 37.0 Å². The molecule has 0 heterocycles. The van der Waals surface area contributed by atoms with Gasteiger partial charge < -0.3 is 15.0 Å². The topological polar surface area (TPSA) is 24.5 Å². The van der Waals surface area contributed by atoms with Gasteiger partial charge in [-0.3, -0.25) is 0 Å². The maximum Gasteiger partial charge on any atom is 0.146 e. The third-order valence-electron chi connectivity index (χ3n) is 3.59. The first-order valence-corrected chi connectivity index (χ1v) is 7.51. The van der Waals surface area contributed by atoms with Crippen molar-refractivity contribution in [3.63, 3.8) is 0 Å². The number of benzene rings is 1. The number of hydrogen-bond acceptors (Lipinski definition) is 3. The summed E-state index contributed by atoms with van der Waals surface area (Å²) in [4.78, 5) is 2.22. The summed E-state index contributed by atoms with van der Waals surface area (Å²) < 4.78 is 19.3. The van der Waals surface area contributed by atoms with Crippen LogP contribution in [0.15, 0.2) is 18.2 Å². The minimum absolute atomic E-state index is 0.101. The lowest BCUT2D eigenvalue weighted by Crippen LogP contribution is -2.27. The molecule has 1 aromatic carbocycles. The highest BCUT2D eigenvalue weighted by molar-refractivity contribution is 5.51. The summed E-state index contributed by atoms with van der Waals surface area (Å²) in [6.45, 7) is 5.21. The van der Waals surface area contributed by atoms with Crippen molar-refractivity contribution in [1.29, 1.82) is 0 Å². The van der Waals surface area contributed by atoms with Gasteiger partial charge in [-0.2, -0.15) is 0 Å². The molecular formula is C16H25FN2O. The lowest BCUT2D eigenvalue weighted by atomic mass is 10.1. The number of nitrogens with zero attached hydrogens (tertiary/aromatic N) is 1. The molecule has 0 aliphatic heterocycles. The first-order valence-electron chi connectivity index (χ1n) is 7.51. The predicted octanol–water partition coefficient (Wildman–Crippen LogP) is 2.94. The number of rotatable bonds is 9. The fourth-order valence-electron chi connectivity index (χ4n) is 2.43. The molecule has 0 unspecified atom stereocenters. The fourth-order valence-corrected chi connectivity index (χ4v) is 2.43. The lowest BCUT2D eigenvalue weighted by molar-refractivity contribution is 0.199. The first kappa shape index (κ1) is 15.3.